The molecule has 116 valence electrons. The number of hydrogen-bond donors (Lipinski definition) is 1. The Labute approximate surface area is 135 Å². The maximum absolute atomic E-state index is 5.32. The first-order valence-corrected chi connectivity index (χ1v) is 7.85. The summed E-state index contributed by atoms with van der Waals surface area (Å²) in [6.45, 7) is 1.55. The number of aromatic nitrogens is 2. The van der Waals surface area contributed by atoms with Crippen molar-refractivity contribution in [3.63, 3.8) is 0 Å². The number of benzene rings is 1. The first-order valence-electron chi connectivity index (χ1n) is 7.85. The van der Waals surface area contributed by atoms with Crippen molar-refractivity contribution in [2.45, 2.75) is 19.4 Å². The first kappa shape index (κ1) is 13.8. The van der Waals surface area contributed by atoms with Gasteiger partial charge in [0.15, 0.2) is 0 Å². The molecule has 1 aliphatic rings. The third kappa shape index (κ3) is 2.90. The number of aryl methyl sites for hydroxylation is 1. The summed E-state index contributed by atoms with van der Waals surface area (Å²) in [6, 6.07) is 14.3. The summed E-state index contributed by atoms with van der Waals surface area (Å²) in [5.74, 6) is 2.40. The Morgan fingerprint density at radius 3 is 3.00 bits per heavy atom. The zero-order valence-electron chi connectivity index (χ0n) is 12.8. The predicted molar refractivity (Wildman–Crippen MR) is 89.8 cm³/mol. The molecule has 0 saturated carbocycles. The Bertz CT molecular complexity index is 785. The summed E-state index contributed by atoms with van der Waals surface area (Å²) in [5.41, 5.74) is 2.62. The second kappa shape index (κ2) is 6.12. The van der Waals surface area contributed by atoms with Gasteiger partial charge in [-0.3, -0.25) is 0 Å². The largest absolute Gasteiger partial charge is 0.467 e. The second-order valence-corrected chi connectivity index (χ2v) is 5.56. The third-order valence-corrected chi connectivity index (χ3v) is 4.03. The number of furan rings is 1. The van der Waals surface area contributed by atoms with Crippen LogP contribution in [-0.2, 0) is 13.0 Å². The number of anilines is 3. The minimum absolute atomic E-state index is 0.576. The second-order valence-electron chi connectivity index (χ2n) is 5.56. The van der Waals surface area contributed by atoms with Gasteiger partial charge in [0.1, 0.15) is 11.6 Å². The molecule has 5 nitrogen and oxygen atoms in total. The summed E-state index contributed by atoms with van der Waals surface area (Å²) < 4.78 is 5.32. The van der Waals surface area contributed by atoms with E-state index in [-0.39, 0.29) is 0 Å². The lowest BCUT2D eigenvalue weighted by Crippen LogP contribution is -2.25. The molecule has 0 unspecified atom stereocenters. The van der Waals surface area contributed by atoms with Gasteiger partial charge in [-0.25, -0.2) is 4.98 Å². The minimum Gasteiger partial charge on any atom is -0.467 e. The van der Waals surface area contributed by atoms with Crippen molar-refractivity contribution in [3.8, 4) is 0 Å². The van der Waals surface area contributed by atoms with Gasteiger partial charge in [-0.1, -0.05) is 18.2 Å². The van der Waals surface area contributed by atoms with E-state index < -0.39 is 0 Å². The molecule has 0 bridgehead atoms. The number of nitrogens with zero attached hydrogens (tertiary/aromatic N) is 3. The van der Waals surface area contributed by atoms with Crippen LogP contribution in [0.4, 0.5) is 17.5 Å². The molecule has 0 spiro atoms. The van der Waals surface area contributed by atoms with Gasteiger partial charge in [0.05, 0.1) is 12.8 Å². The lowest BCUT2D eigenvalue weighted by molar-refractivity contribution is 0.517. The molecule has 5 heteroatoms. The average molecular weight is 306 g/mol. The molecule has 23 heavy (non-hydrogen) atoms. The standard InChI is InChI=1S/C18H18N4O/c1-2-8-16-14(5-1)6-3-11-22(16)17-9-10-19-18(21-17)20-13-15-7-4-12-23-15/h1-2,4-5,7-10,12H,3,6,11,13H2,(H,19,20,21). The molecule has 1 aromatic carbocycles. The highest BCUT2D eigenvalue weighted by Gasteiger charge is 2.19. The molecule has 3 heterocycles. The lowest BCUT2D eigenvalue weighted by atomic mass is 10.0. The molecule has 0 radical (unpaired) electrons. The molecule has 0 fully saturated rings. The van der Waals surface area contributed by atoms with Crippen molar-refractivity contribution in [1.82, 2.24) is 9.97 Å². The Kier molecular flexibility index (Phi) is 3.68. The van der Waals surface area contributed by atoms with Crippen LogP contribution in [0.25, 0.3) is 0 Å². The molecule has 2 aromatic heterocycles. The van der Waals surface area contributed by atoms with Crippen LogP contribution in [0.1, 0.15) is 17.7 Å². The van der Waals surface area contributed by atoms with E-state index in [1.807, 2.05) is 18.2 Å². The van der Waals surface area contributed by atoms with Gasteiger partial charge in [-0.2, -0.15) is 4.98 Å². The van der Waals surface area contributed by atoms with E-state index >= 15 is 0 Å². The zero-order chi connectivity index (χ0) is 15.5. The fourth-order valence-electron chi connectivity index (χ4n) is 2.94. The molecule has 1 N–H and O–H groups in total. The van der Waals surface area contributed by atoms with Gasteiger partial charge in [0, 0.05) is 18.4 Å². The number of fused-ring (bicyclic) bond motifs is 1. The Balaban J connectivity index is 1.57. The molecule has 4 rings (SSSR count). The summed E-state index contributed by atoms with van der Waals surface area (Å²) in [5, 5.41) is 3.21. The van der Waals surface area contributed by atoms with Gasteiger partial charge in [-0.05, 0) is 42.7 Å². The number of rotatable bonds is 4. The molecule has 1 aliphatic heterocycles. The SMILES string of the molecule is c1coc(CNc2nccc(N3CCCc4ccccc43)n2)c1. The van der Waals surface area contributed by atoms with Gasteiger partial charge >= 0.3 is 0 Å². The smallest absolute Gasteiger partial charge is 0.224 e. The Morgan fingerprint density at radius 2 is 2.09 bits per heavy atom. The molecule has 0 saturated heterocycles. The van der Waals surface area contributed by atoms with E-state index in [2.05, 4.69) is 44.5 Å². The molecule has 3 aromatic rings. The number of hydrogen-bond acceptors (Lipinski definition) is 5. The quantitative estimate of drug-likeness (QED) is 0.795. The van der Waals surface area contributed by atoms with Crippen LogP contribution in [0.3, 0.4) is 0 Å². The Hall–Kier alpha value is -2.82. The summed E-state index contributed by atoms with van der Waals surface area (Å²) in [4.78, 5) is 11.2. The van der Waals surface area contributed by atoms with Crippen molar-refractivity contribution >= 4 is 17.5 Å². The normalized spacial score (nSPS) is 13.7. The van der Waals surface area contributed by atoms with Crippen LogP contribution < -0.4 is 10.2 Å². The van der Waals surface area contributed by atoms with Crippen LogP contribution in [0, 0.1) is 0 Å². The van der Waals surface area contributed by atoms with Gasteiger partial charge in [0.25, 0.3) is 0 Å². The highest BCUT2D eigenvalue weighted by molar-refractivity contribution is 5.65. The van der Waals surface area contributed by atoms with Crippen LogP contribution in [0.5, 0.6) is 0 Å². The molecular formula is C18H18N4O. The Morgan fingerprint density at radius 1 is 1.13 bits per heavy atom. The molecular weight excluding hydrogens is 288 g/mol. The van der Waals surface area contributed by atoms with Crippen LogP contribution >= 0.6 is 0 Å². The van der Waals surface area contributed by atoms with Crippen molar-refractivity contribution in [1.29, 1.82) is 0 Å². The molecule has 0 aliphatic carbocycles. The van der Waals surface area contributed by atoms with E-state index in [0.29, 0.717) is 12.5 Å². The topological polar surface area (TPSA) is 54.2 Å². The van der Waals surface area contributed by atoms with E-state index in [0.717, 1.165) is 31.0 Å². The minimum atomic E-state index is 0.576. The van der Waals surface area contributed by atoms with Crippen molar-refractivity contribution in [2.24, 2.45) is 0 Å². The molecule has 0 amide bonds. The van der Waals surface area contributed by atoms with Crippen molar-refractivity contribution in [3.05, 3.63) is 66.2 Å². The highest BCUT2D eigenvalue weighted by Crippen LogP contribution is 2.32. The van der Waals surface area contributed by atoms with Gasteiger partial charge < -0.3 is 14.6 Å². The first-order chi connectivity index (χ1) is 11.4. The average Bonchev–Trinajstić information content (AvgIpc) is 3.13. The van der Waals surface area contributed by atoms with Crippen LogP contribution in [-0.4, -0.2) is 16.5 Å². The predicted octanol–water partition coefficient (Wildman–Crippen LogP) is 3.77. The fraction of sp³-hybridized carbons (Fsp3) is 0.222. The van der Waals surface area contributed by atoms with E-state index in [4.69, 9.17) is 4.42 Å². The van der Waals surface area contributed by atoms with Gasteiger partial charge in [0.2, 0.25) is 5.95 Å². The van der Waals surface area contributed by atoms with Crippen LogP contribution in [0.15, 0.2) is 59.3 Å². The summed E-state index contributed by atoms with van der Waals surface area (Å²) in [7, 11) is 0. The third-order valence-electron chi connectivity index (χ3n) is 4.03. The highest BCUT2D eigenvalue weighted by atomic mass is 16.3. The maximum atomic E-state index is 5.32. The van der Waals surface area contributed by atoms with Crippen molar-refractivity contribution in [2.75, 3.05) is 16.8 Å². The molecule has 0 atom stereocenters. The number of nitrogens with one attached hydrogen (secondary N) is 1. The fourth-order valence-corrected chi connectivity index (χ4v) is 2.94. The van der Waals surface area contributed by atoms with Gasteiger partial charge in [-0.15, -0.1) is 0 Å². The summed E-state index contributed by atoms with van der Waals surface area (Å²) in [6.07, 6.45) is 5.72. The zero-order valence-corrected chi connectivity index (χ0v) is 12.8. The summed E-state index contributed by atoms with van der Waals surface area (Å²) >= 11 is 0. The van der Waals surface area contributed by atoms with E-state index in [9.17, 15) is 0 Å². The number of para-hydroxylation sites is 1. The van der Waals surface area contributed by atoms with Crippen LogP contribution in [0.2, 0.25) is 0 Å². The van der Waals surface area contributed by atoms with E-state index in [1.165, 1.54) is 11.3 Å². The van der Waals surface area contributed by atoms with Crippen molar-refractivity contribution < 1.29 is 4.42 Å². The monoisotopic (exact) mass is 306 g/mol. The lowest BCUT2D eigenvalue weighted by Gasteiger charge is -2.30. The maximum Gasteiger partial charge on any atom is 0.224 e. The van der Waals surface area contributed by atoms with E-state index in [1.54, 1.807) is 12.5 Å².